The van der Waals surface area contributed by atoms with Gasteiger partial charge in [-0.1, -0.05) is 6.07 Å². The fourth-order valence-corrected chi connectivity index (χ4v) is 3.22. The Hall–Kier alpha value is -1.90. The van der Waals surface area contributed by atoms with Gasteiger partial charge in [-0.25, -0.2) is 0 Å². The van der Waals surface area contributed by atoms with E-state index in [1.165, 1.54) is 0 Å². The smallest absolute Gasteiger partial charge is 0.254 e. The predicted molar refractivity (Wildman–Crippen MR) is 75.7 cm³/mol. The van der Waals surface area contributed by atoms with E-state index < -0.39 is 0 Å². The topological polar surface area (TPSA) is 62.6 Å². The lowest BCUT2D eigenvalue weighted by Gasteiger charge is -2.50. The van der Waals surface area contributed by atoms with Crippen LogP contribution in [0, 0.1) is 17.2 Å². The van der Waals surface area contributed by atoms with Crippen molar-refractivity contribution in [2.75, 3.05) is 33.4 Å². The summed E-state index contributed by atoms with van der Waals surface area (Å²) in [5.74, 6) is 0.321. The number of ether oxygens (including phenoxy) is 2. The van der Waals surface area contributed by atoms with Crippen molar-refractivity contribution < 1.29 is 14.3 Å². The van der Waals surface area contributed by atoms with Crippen LogP contribution in [0.4, 0.5) is 0 Å². The molecule has 2 aliphatic rings. The molecule has 0 N–H and O–H groups in total. The van der Waals surface area contributed by atoms with E-state index in [1.807, 2.05) is 0 Å². The van der Waals surface area contributed by atoms with Crippen molar-refractivity contribution in [2.45, 2.75) is 12.0 Å². The van der Waals surface area contributed by atoms with Crippen LogP contribution in [0.5, 0.6) is 0 Å². The lowest BCUT2D eigenvalue weighted by molar-refractivity contribution is -0.125. The molecule has 5 nitrogen and oxygen atoms in total. The second-order valence-electron chi connectivity index (χ2n) is 5.71. The van der Waals surface area contributed by atoms with E-state index in [0.29, 0.717) is 36.7 Å². The molecule has 2 aliphatic heterocycles. The zero-order valence-corrected chi connectivity index (χ0v) is 12.0. The van der Waals surface area contributed by atoms with E-state index in [0.717, 1.165) is 13.0 Å². The van der Waals surface area contributed by atoms with Crippen LogP contribution in [0.2, 0.25) is 0 Å². The van der Waals surface area contributed by atoms with E-state index >= 15 is 0 Å². The number of amides is 1. The van der Waals surface area contributed by atoms with Gasteiger partial charge in [-0.15, -0.1) is 0 Å². The van der Waals surface area contributed by atoms with Gasteiger partial charge >= 0.3 is 0 Å². The monoisotopic (exact) mass is 286 g/mol. The lowest BCUT2D eigenvalue weighted by atomic mass is 9.81. The number of carbonyl (C=O) groups excluding carboxylic acids is 1. The Morgan fingerprint density at radius 3 is 3.10 bits per heavy atom. The van der Waals surface area contributed by atoms with Crippen molar-refractivity contribution in [1.29, 1.82) is 5.26 Å². The molecule has 2 heterocycles. The average molecular weight is 286 g/mol. The number of hydrogen-bond acceptors (Lipinski definition) is 4. The molecule has 0 aromatic heterocycles. The molecule has 0 aliphatic carbocycles. The van der Waals surface area contributed by atoms with Gasteiger partial charge in [0.25, 0.3) is 5.91 Å². The lowest BCUT2D eigenvalue weighted by Crippen LogP contribution is -2.66. The fraction of sp³-hybridized carbons (Fsp3) is 0.500. The normalized spacial score (nSPS) is 22.9. The Kier molecular flexibility index (Phi) is 3.66. The van der Waals surface area contributed by atoms with Crippen LogP contribution in [-0.4, -0.2) is 49.8 Å². The molecule has 0 saturated carbocycles. The van der Waals surface area contributed by atoms with Crippen LogP contribution in [0.15, 0.2) is 24.3 Å². The summed E-state index contributed by atoms with van der Waals surface area (Å²) in [6.45, 7) is 2.62. The fourth-order valence-electron chi connectivity index (χ4n) is 3.22. The summed E-state index contributed by atoms with van der Waals surface area (Å²) in [6, 6.07) is 8.87. The second kappa shape index (κ2) is 5.47. The zero-order chi connectivity index (χ0) is 14.9. The van der Waals surface area contributed by atoms with Crippen molar-refractivity contribution in [3.63, 3.8) is 0 Å². The van der Waals surface area contributed by atoms with Gasteiger partial charge in [-0.05, 0) is 24.6 Å². The number of methoxy groups -OCH3 is 1. The van der Waals surface area contributed by atoms with Gasteiger partial charge in [0.1, 0.15) is 5.60 Å². The molecular formula is C16H18N2O3. The first-order valence-corrected chi connectivity index (χ1v) is 7.11. The van der Waals surface area contributed by atoms with Crippen molar-refractivity contribution in [3.8, 4) is 6.07 Å². The molecule has 110 valence electrons. The molecule has 2 saturated heterocycles. The first kappa shape index (κ1) is 14.1. The van der Waals surface area contributed by atoms with E-state index in [-0.39, 0.29) is 11.5 Å². The summed E-state index contributed by atoms with van der Waals surface area (Å²) in [5.41, 5.74) is 0.842. The molecular weight excluding hydrogens is 268 g/mol. The van der Waals surface area contributed by atoms with Gasteiger partial charge < -0.3 is 14.4 Å². The molecule has 0 bridgehead atoms. The molecule has 0 unspecified atom stereocenters. The molecule has 1 amide bonds. The van der Waals surface area contributed by atoms with Crippen LogP contribution < -0.4 is 0 Å². The van der Waals surface area contributed by atoms with Crippen LogP contribution >= 0.6 is 0 Å². The minimum atomic E-state index is -0.224. The van der Waals surface area contributed by atoms with Gasteiger partial charge in [0.05, 0.1) is 31.3 Å². The van der Waals surface area contributed by atoms with Crippen LogP contribution in [0.3, 0.4) is 0 Å². The molecule has 21 heavy (non-hydrogen) atoms. The zero-order valence-electron chi connectivity index (χ0n) is 12.0. The maximum Gasteiger partial charge on any atom is 0.254 e. The number of rotatable bonds is 3. The Morgan fingerprint density at radius 2 is 2.38 bits per heavy atom. The highest BCUT2D eigenvalue weighted by molar-refractivity contribution is 5.95. The molecule has 5 heteroatoms. The molecule has 0 radical (unpaired) electrons. The number of likely N-dealkylation sites (tertiary alicyclic amines) is 1. The molecule has 1 aromatic carbocycles. The molecule has 2 fully saturated rings. The number of nitriles is 1. The highest BCUT2D eigenvalue weighted by Gasteiger charge is 2.54. The standard InChI is InChI=1S/C16H18N2O3/c1-20-9-14-5-6-21-16(14)10-18(11-16)15(19)13-4-2-3-12(7-13)8-17/h2-4,7,14H,5-6,9-11H2,1H3/t14-/m0/s1. The Bertz CT molecular complexity index is 587. The summed E-state index contributed by atoms with van der Waals surface area (Å²) in [5, 5.41) is 8.91. The third kappa shape index (κ3) is 2.41. The first-order valence-electron chi connectivity index (χ1n) is 7.11. The summed E-state index contributed by atoms with van der Waals surface area (Å²) in [4.78, 5) is 14.2. The van der Waals surface area contributed by atoms with Gasteiger partial charge in [-0.2, -0.15) is 5.26 Å². The first-order chi connectivity index (χ1) is 10.2. The third-order valence-electron chi connectivity index (χ3n) is 4.41. The summed E-state index contributed by atoms with van der Waals surface area (Å²) in [7, 11) is 1.70. The molecule has 1 aromatic rings. The maximum atomic E-state index is 12.4. The number of nitrogens with zero attached hydrogens (tertiary/aromatic N) is 2. The largest absolute Gasteiger partial charge is 0.384 e. The summed E-state index contributed by atoms with van der Waals surface area (Å²) < 4.78 is 11.1. The van der Waals surface area contributed by atoms with Crippen LogP contribution in [0.25, 0.3) is 0 Å². The minimum absolute atomic E-state index is 0.0376. The van der Waals surface area contributed by atoms with Crippen molar-refractivity contribution in [3.05, 3.63) is 35.4 Å². The molecule has 1 atom stereocenters. The quantitative estimate of drug-likeness (QED) is 0.843. The Labute approximate surface area is 124 Å². The van der Waals surface area contributed by atoms with E-state index in [4.69, 9.17) is 14.7 Å². The predicted octanol–water partition coefficient (Wildman–Crippen LogP) is 1.44. The van der Waals surface area contributed by atoms with Crippen molar-refractivity contribution >= 4 is 5.91 Å². The van der Waals surface area contributed by atoms with Crippen molar-refractivity contribution in [1.82, 2.24) is 4.90 Å². The van der Waals surface area contributed by atoms with Gasteiger partial charge in [0.2, 0.25) is 0 Å². The minimum Gasteiger partial charge on any atom is -0.384 e. The molecule has 3 rings (SSSR count). The maximum absolute atomic E-state index is 12.4. The number of hydrogen-bond donors (Lipinski definition) is 0. The van der Waals surface area contributed by atoms with E-state index in [1.54, 1.807) is 36.3 Å². The SMILES string of the molecule is COC[C@@H]1CCOC12CN(C(=O)c1cccc(C#N)c1)C2. The summed E-state index contributed by atoms with van der Waals surface area (Å²) >= 11 is 0. The van der Waals surface area contributed by atoms with Gasteiger partial charge in [0, 0.05) is 25.2 Å². The molecule has 1 spiro atoms. The van der Waals surface area contributed by atoms with E-state index in [2.05, 4.69) is 6.07 Å². The highest BCUT2D eigenvalue weighted by Crippen LogP contribution is 2.40. The van der Waals surface area contributed by atoms with E-state index in [9.17, 15) is 4.79 Å². The highest BCUT2D eigenvalue weighted by atomic mass is 16.5. The number of benzene rings is 1. The second-order valence-corrected chi connectivity index (χ2v) is 5.71. The Morgan fingerprint density at radius 1 is 1.57 bits per heavy atom. The summed E-state index contributed by atoms with van der Waals surface area (Å²) in [6.07, 6.45) is 0.986. The third-order valence-corrected chi connectivity index (χ3v) is 4.41. The Balaban J connectivity index is 1.68. The van der Waals surface area contributed by atoms with Crippen LogP contribution in [0.1, 0.15) is 22.3 Å². The van der Waals surface area contributed by atoms with Crippen LogP contribution in [-0.2, 0) is 9.47 Å². The van der Waals surface area contributed by atoms with Gasteiger partial charge in [-0.3, -0.25) is 4.79 Å². The average Bonchev–Trinajstić information content (AvgIpc) is 2.89. The van der Waals surface area contributed by atoms with Crippen molar-refractivity contribution in [2.24, 2.45) is 5.92 Å². The van der Waals surface area contributed by atoms with Gasteiger partial charge in [0.15, 0.2) is 0 Å². The number of carbonyl (C=O) groups is 1.